The molecule has 2 N–H and O–H groups in total. The van der Waals surface area contributed by atoms with Crippen molar-refractivity contribution >= 4 is 11.9 Å². The molecule has 0 saturated heterocycles. The molecule has 54 valence electrons. The van der Waals surface area contributed by atoms with Crippen LogP contribution in [0.3, 0.4) is 0 Å². The molecule has 0 bridgehead atoms. The van der Waals surface area contributed by atoms with E-state index in [4.69, 9.17) is 10.8 Å². The van der Waals surface area contributed by atoms with E-state index >= 15 is 0 Å². The maximum Gasteiger partial charge on any atom is 0.0566 e. The van der Waals surface area contributed by atoms with Gasteiger partial charge >= 0.3 is 0 Å². The standard InChI is InChI=1S/C8H12N2/c1-6(2)8(10)4-7(3)5-9/h4-5,9-10H,1H2,2-3H3/b7-4-,9-5?,10-8?. The molecule has 0 rings (SSSR count). The van der Waals surface area contributed by atoms with E-state index in [1.165, 1.54) is 6.21 Å². The Labute approximate surface area is 61.3 Å². The van der Waals surface area contributed by atoms with Gasteiger partial charge in [0.2, 0.25) is 0 Å². The van der Waals surface area contributed by atoms with Crippen LogP contribution in [0.25, 0.3) is 0 Å². The molecular formula is C8H12N2. The fraction of sp³-hybridized carbons (Fsp3) is 0.250. The zero-order valence-electron chi connectivity index (χ0n) is 6.36. The van der Waals surface area contributed by atoms with Gasteiger partial charge in [0.15, 0.2) is 0 Å². The third-order valence-corrected chi connectivity index (χ3v) is 1.06. The normalized spacial score (nSPS) is 10.8. The molecule has 10 heavy (non-hydrogen) atoms. The van der Waals surface area contributed by atoms with Crippen LogP contribution in [0.1, 0.15) is 13.8 Å². The Balaban J connectivity index is 4.27. The lowest BCUT2D eigenvalue weighted by molar-refractivity contribution is 1.45. The van der Waals surface area contributed by atoms with Crippen molar-refractivity contribution in [1.82, 2.24) is 0 Å². The lowest BCUT2D eigenvalue weighted by Crippen LogP contribution is -1.92. The minimum Gasteiger partial charge on any atom is -0.308 e. The van der Waals surface area contributed by atoms with Crippen molar-refractivity contribution in [3.05, 3.63) is 23.8 Å². The van der Waals surface area contributed by atoms with Crippen LogP contribution in [-0.2, 0) is 0 Å². The van der Waals surface area contributed by atoms with Gasteiger partial charge in [0.25, 0.3) is 0 Å². The number of hydrogen-bond donors (Lipinski definition) is 2. The Hall–Kier alpha value is -1.18. The predicted octanol–water partition coefficient (Wildman–Crippen LogP) is 2.18. The zero-order chi connectivity index (χ0) is 8.15. The lowest BCUT2D eigenvalue weighted by Gasteiger charge is -1.94. The summed E-state index contributed by atoms with van der Waals surface area (Å²) in [6.07, 6.45) is 2.84. The van der Waals surface area contributed by atoms with Crippen LogP contribution < -0.4 is 0 Å². The molecule has 0 aliphatic rings. The second-order valence-corrected chi connectivity index (χ2v) is 2.23. The summed E-state index contributed by atoms with van der Waals surface area (Å²) in [5.41, 5.74) is 1.88. The average Bonchev–Trinajstić information content (AvgIpc) is 1.87. The molecule has 0 atom stereocenters. The van der Waals surface area contributed by atoms with E-state index in [0.717, 1.165) is 11.1 Å². The highest BCUT2D eigenvalue weighted by Gasteiger charge is 1.91. The first-order valence-electron chi connectivity index (χ1n) is 3.01. The molecule has 0 aromatic heterocycles. The summed E-state index contributed by atoms with van der Waals surface area (Å²) in [4.78, 5) is 0. The molecule has 0 saturated carbocycles. The highest BCUT2D eigenvalue weighted by molar-refractivity contribution is 6.07. The van der Waals surface area contributed by atoms with Gasteiger partial charge in [-0.05, 0) is 31.1 Å². The molecule has 0 fully saturated rings. The Morgan fingerprint density at radius 1 is 1.40 bits per heavy atom. The maximum absolute atomic E-state index is 7.30. The minimum absolute atomic E-state index is 0.390. The van der Waals surface area contributed by atoms with Gasteiger partial charge in [-0.15, -0.1) is 0 Å². The smallest absolute Gasteiger partial charge is 0.0566 e. The van der Waals surface area contributed by atoms with Gasteiger partial charge in [-0.1, -0.05) is 6.58 Å². The van der Waals surface area contributed by atoms with E-state index in [1.807, 2.05) is 0 Å². The number of hydrogen-bond acceptors (Lipinski definition) is 2. The van der Waals surface area contributed by atoms with Crippen molar-refractivity contribution in [1.29, 1.82) is 10.8 Å². The maximum atomic E-state index is 7.30. The van der Waals surface area contributed by atoms with Gasteiger partial charge in [0.1, 0.15) is 0 Å². The fourth-order valence-electron chi connectivity index (χ4n) is 0.393. The average molecular weight is 136 g/mol. The van der Waals surface area contributed by atoms with Crippen LogP contribution in [0.5, 0.6) is 0 Å². The first kappa shape index (κ1) is 8.82. The van der Waals surface area contributed by atoms with Crippen LogP contribution in [-0.4, -0.2) is 11.9 Å². The summed E-state index contributed by atoms with van der Waals surface area (Å²) in [7, 11) is 0. The highest BCUT2D eigenvalue weighted by Crippen LogP contribution is 1.95. The lowest BCUT2D eigenvalue weighted by atomic mass is 10.1. The van der Waals surface area contributed by atoms with E-state index < -0.39 is 0 Å². The summed E-state index contributed by atoms with van der Waals surface area (Å²) in [6.45, 7) is 7.15. The third-order valence-electron chi connectivity index (χ3n) is 1.06. The van der Waals surface area contributed by atoms with Crippen LogP contribution >= 0.6 is 0 Å². The first-order valence-corrected chi connectivity index (χ1v) is 3.01. The molecule has 0 aromatic rings. The number of nitrogens with one attached hydrogen (secondary N) is 2. The van der Waals surface area contributed by atoms with Crippen molar-refractivity contribution in [2.45, 2.75) is 13.8 Å². The minimum atomic E-state index is 0.390. The van der Waals surface area contributed by atoms with Gasteiger partial charge < -0.3 is 10.8 Å². The molecule has 2 nitrogen and oxygen atoms in total. The summed E-state index contributed by atoms with van der Waals surface area (Å²) >= 11 is 0. The van der Waals surface area contributed by atoms with Crippen LogP contribution in [0.2, 0.25) is 0 Å². The molecule has 2 heteroatoms. The molecule has 0 aromatic carbocycles. The third kappa shape index (κ3) is 2.97. The summed E-state index contributed by atoms with van der Waals surface area (Å²) in [5, 5.41) is 14.1. The van der Waals surface area contributed by atoms with Gasteiger partial charge in [0.05, 0.1) is 5.71 Å². The molecule has 0 amide bonds. The molecule has 0 radical (unpaired) electrons. The summed E-state index contributed by atoms with van der Waals surface area (Å²) < 4.78 is 0. The molecule has 0 aliphatic carbocycles. The van der Waals surface area contributed by atoms with Crippen LogP contribution in [0.15, 0.2) is 23.8 Å². The molecule has 0 spiro atoms. The second-order valence-electron chi connectivity index (χ2n) is 2.23. The fourth-order valence-corrected chi connectivity index (χ4v) is 0.393. The molecule has 0 aliphatic heterocycles. The second kappa shape index (κ2) is 3.77. The van der Waals surface area contributed by atoms with Crippen molar-refractivity contribution in [2.75, 3.05) is 0 Å². The van der Waals surface area contributed by atoms with E-state index in [9.17, 15) is 0 Å². The predicted molar refractivity (Wildman–Crippen MR) is 45.1 cm³/mol. The van der Waals surface area contributed by atoms with E-state index in [2.05, 4.69) is 6.58 Å². The highest BCUT2D eigenvalue weighted by atomic mass is 14.4. The van der Waals surface area contributed by atoms with E-state index in [-0.39, 0.29) is 0 Å². The van der Waals surface area contributed by atoms with Gasteiger partial charge in [-0.25, -0.2) is 0 Å². The topological polar surface area (TPSA) is 47.7 Å². The molecular weight excluding hydrogens is 124 g/mol. The quantitative estimate of drug-likeness (QED) is 0.559. The summed E-state index contributed by atoms with van der Waals surface area (Å²) in [5.74, 6) is 0. The van der Waals surface area contributed by atoms with Crippen molar-refractivity contribution in [3.63, 3.8) is 0 Å². The Kier molecular flexibility index (Phi) is 3.33. The Bertz CT molecular complexity index is 199. The molecule has 0 heterocycles. The largest absolute Gasteiger partial charge is 0.308 e. The molecule has 0 unspecified atom stereocenters. The number of rotatable bonds is 3. The van der Waals surface area contributed by atoms with Gasteiger partial charge in [-0.2, -0.15) is 0 Å². The van der Waals surface area contributed by atoms with E-state index in [0.29, 0.717) is 5.71 Å². The van der Waals surface area contributed by atoms with Crippen LogP contribution in [0.4, 0.5) is 0 Å². The SMILES string of the molecule is C=C(C)C(=N)/C=C(/C)C=N. The van der Waals surface area contributed by atoms with Crippen molar-refractivity contribution in [2.24, 2.45) is 0 Å². The van der Waals surface area contributed by atoms with Gasteiger partial charge in [0, 0.05) is 6.21 Å². The monoisotopic (exact) mass is 136 g/mol. The van der Waals surface area contributed by atoms with Crippen molar-refractivity contribution in [3.8, 4) is 0 Å². The number of allylic oxidation sites excluding steroid dienone is 3. The van der Waals surface area contributed by atoms with Crippen LogP contribution in [0, 0.1) is 10.8 Å². The van der Waals surface area contributed by atoms with Gasteiger partial charge in [-0.3, -0.25) is 0 Å². The summed E-state index contributed by atoms with van der Waals surface area (Å²) in [6, 6.07) is 0. The zero-order valence-corrected chi connectivity index (χ0v) is 6.36. The Morgan fingerprint density at radius 3 is 2.20 bits per heavy atom. The Morgan fingerprint density at radius 2 is 1.90 bits per heavy atom. The van der Waals surface area contributed by atoms with E-state index in [1.54, 1.807) is 19.9 Å². The first-order chi connectivity index (χ1) is 4.57. The van der Waals surface area contributed by atoms with Crippen molar-refractivity contribution < 1.29 is 0 Å².